The number of benzene rings is 1. The summed E-state index contributed by atoms with van der Waals surface area (Å²) in [5.74, 6) is 0.276. The molecule has 0 spiro atoms. The van der Waals surface area contributed by atoms with Crippen LogP contribution in [-0.2, 0) is 0 Å². The topological polar surface area (TPSA) is 37.5 Å². The maximum absolute atomic E-state index is 9.25. The van der Waals surface area contributed by atoms with E-state index in [9.17, 15) is 5.11 Å². The molecule has 0 unspecified atom stereocenters. The Morgan fingerprint density at radius 2 is 1.81 bits per heavy atom. The molecular formula is C13H10N2O. The summed E-state index contributed by atoms with van der Waals surface area (Å²) in [5, 5.41) is 9.25. The highest BCUT2D eigenvalue weighted by atomic mass is 16.3. The van der Waals surface area contributed by atoms with Crippen LogP contribution in [0.3, 0.4) is 0 Å². The molecule has 3 rings (SSSR count). The molecule has 3 nitrogen and oxygen atoms in total. The summed E-state index contributed by atoms with van der Waals surface area (Å²) in [5.41, 5.74) is 2.98. The first-order valence-corrected chi connectivity index (χ1v) is 5.06. The van der Waals surface area contributed by atoms with E-state index in [1.807, 2.05) is 47.1 Å². The third kappa shape index (κ3) is 1.34. The first-order valence-electron chi connectivity index (χ1n) is 5.06. The molecule has 0 aliphatic carbocycles. The van der Waals surface area contributed by atoms with Gasteiger partial charge < -0.3 is 5.11 Å². The smallest absolute Gasteiger partial charge is 0.137 e. The minimum absolute atomic E-state index is 0.276. The van der Waals surface area contributed by atoms with Gasteiger partial charge in [0.25, 0.3) is 0 Å². The number of phenolic OH excluding ortho intramolecular Hbond substituents is 1. The van der Waals surface area contributed by atoms with Gasteiger partial charge in [-0.05, 0) is 36.4 Å². The summed E-state index contributed by atoms with van der Waals surface area (Å²) in [7, 11) is 0. The number of rotatable bonds is 1. The van der Waals surface area contributed by atoms with Gasteiger partial charge in [-0.2, -0.15) is 0 Å². The molecular weight excluding hydrogens is 200 g/mol. The summed E-state index contributed by atoms with van der Waals surface area (Å²) >= 11 is 0. The van der Waals surface area contributed by atoms with Crippen molar-refractivity contribution in [2.45, 2.75) is 0 Å². The summed E-state index contributed by atoms with van der Waals surface area (Å²) in [6.07, 6.45) is 3.81. The van der Waals surface area contributed by atoms with E-state index < -0.39 is 0 Å². The summed E-state index contributed by atoms with van der Waals surface area (Å²) in [6, 6.07) is 13.0. The second-order valence-corrected chi connectivity index (χ2v) is 3.62. The lowest BCUT2D eigenvalue weighted by atomic mass is 10.1. The standard InChI is InChI=1S/C13H10N2O/c16-11-6-4-10(5-7-11)12-9-14-13-3-1-2-8-15(12)13/h1-9,16H. The van der Waals surface area contributed by atoms with Gasteiger partial charge >= 0.3 is 0 Å². The Bertz CT molecular complexity index is 626. The molecule has 0 aliphatic heterocycles. The van der Waals surface area contributed by atoms with Gasteiger partial charge in [-0.1, -0.05) is 6.07 Å². The Morgan fingerprint density at radius 3 is 2.62 bits per heavy atom. The van der Waals surface area contributed by atoms with Crippen LogP contribution in [0.25, 0.3) is 16.9 Å². The number of aromatic nitrogens is 2. The molecule has 3 aromatic rings. The van der Waals surface area contributed by atoms with Crippen molar-refractivity contribution in [3.05, 3.63) is 54.9 Å². The third-order valence-electron chi connectivity index (χ3n) is 2.58. The predicted molar refractivity (Wildman–Crippen MR) is 62.3 cm³/mol. The highest BCUT2D eigenvalue weighted by Gasteiger charge is 2.04. The van der Waals surface area contributed by atoms with Crippen LogP contribution in [0, 0.1) is 0 Å². The lowest BCUT2D eigenvalue weighted by Crippen LogP contribution is -1.86. The highest BCUT2D eigenvalue weighted by Crippen LogP contribution is 2.22. The van der Waals surface area contributed by atoms with Crippen molar-refractivity contribution >= 4 is 5.65 Å². The van der Waals surface area contributed by atoms with E-state index in [0.717, 1.165) is 16.9 Å². The number of pyridine rings is 1. The van der Waals surface area contributed by atoms with E-state index in [2.05, 4.69) is 4.98 Å². The second-order valence-electron chi connectivity index (χ2n) is 3.62. The molecule has 2 heterocycles. The number of fused-ring (bicyclic) bond motifs is 1. The number of imidazole rings is 1. The first-order chi connectivity index (χ1) is 7.84. The van der Waals surface area contributed by atoms with E-state index in [1.165, 1.54) is 0 Å². The molecule has 0 saturated carbocycles. The van der Waals surface area contributed by atoms with Crippen molar-refractivity contribution in [1.82, 2.24) is 9.38 Å². The lowest BCUT2D eigenvalue weighted by Gasteiger charge is -2.01. The molecule has 78 valence electrons. The molecule has 1 aromatic carbocycles. The van der Waals surface area contributed by atoms with Crippen molar-refractivity contribution < 1.29 is 5.11 Å². The van der Waals surface area contributed by atoms with E-state index in [4.69, 9.17) is 0 Å². The Morgan fingerprint density at radius 1 is 1.00 bits per heavy atom. The van der Waals surface area contributed by atoms with Crippen LogP contribution < -0.4 is 0 Å². The monoisotopic (exact) mass is 210 g/mol. The van der Waals surface area contributed by atoms with Gasteiger partial charge in [0.1, 0.15) is 11.4 Å². The Kier molecular flexibility index (Phi) is 1.90. The Balaban J connectivity index is 2.22. The van der Waals surface area contributed by atoms with E-state index in [-0.39, 0.29) is 5.75 Å². The number of hydrogen-bond acceptors (Lipinski definition) is 2. The molecule has 2 aromatic heterocycles. The number of phenols is 1. The molecule has 1 N–H and O–H groups in total. The van der Waals surface area contributed by atoms with Crippen LogP contribution in [0.2, 0.25) is 0 Å². The zero-order valence-corrected chi connectivity index (χ0v) is 8.54. The molecule has 0 radical (unpaired) electrons. The fourth-order valence-electron chi connectivity index (χ4n) is 1.78. The van der Waals surface area contributed by atoms with Crippen LogP contribution in [0.4, 0.5) is 0 Å². The van der Waals surface area contributed by atoms with Crippen LogP contribution in [0.15, 0.2) is 54.9 Å². The zero-order chi connectivity index (χ0) is 11.0. The van der Waals surface area contributed by atoms with E-state index >= 15 is 0 Å². The van der Waals surface area contributed by atoms with Gasteiger partial charge in [0.2, 0.25) is 0 Å². The molecule has 0 bridgehead atoms. The Hall–Kier alpha value is -2.29. The average Bonchev–Trinajstić information content (AvgIpc) is 2.74. The molecule has 0 amide bonds. The summed E-state index contributed by atoms with van der Waals surface area (Å²) < 4.78 is 2.02. The van der Waals surface area contributed by atoms with Crippen LogP contribution in [0.1, 0.15) is 0 Å². The van der Waals surface area contributed by atoms with Crippen LogP contribution in [0.5, 0.6) is 5.75 Å². The van der Waals surface area contributed by atoms with Crippen molar-refractivity contribution in [3.8, 4) is 17.0 Å². The van der Waals surface area contributed by atoms with Gasteiger partial charge in [-0.3, -0.25) is 4.40 Å². The maximum Gasteiger partial charge on any atom is 0.137 e. The maximum atomic E-state index is 9.25. The number of hydrogen-bond donors (Lipinski definition) is 1. The van der Waals surface area contributed by atoms with Gasteiger partial charge in [0, 0.05) is 11.8 Å². The molecule has 0 fully saturated rings. The Labute approximate surface area is 92.6 Å². The average molecular weight is 210 g/mol. The summed E-state index contributed by atoms with van der Waals surface area (Å²) in [6.45, 7) is 0. The molecule has 16 heavy (non-hydrogen) atoms. The largest absolute Gasteiger partial charge is 0.508 e. The van der Waals surface area contributed by atoms with Gasteiger partial charge in [-0.25, -0.2) is 4.98 Å². The highest BCUT2D eigenvalue weighted by molar-refractivity contribution is 5.64. The SMILES string of the molecule is Oc1ccc(-c2cnc3ccccn23)cc1. The normalized spacial score (nSPS) is 10.8. The van der Waals surface area contributed by atoms with Gasteiger partial charge in [0.05, 0.1) is 11.9 Å². The van der Waals surface area contributed by atoms with Gasteiger partial charge in [0.15, 0.2) is 0 Å². The van der Waals surface area contributed by atoms with Crippen molar-refractivity contribution in [2.24, 2.45) is 0 Å². The minimum atomic E-state index is 0.276. The van der Waals surface area contributed by atoms with Crippen molar-refractivity contribution in [3.63, 3.8) is 0 Å². The third-order valence-corrected chi connectivity index (χ3v) is 2.58. The quantitative estimate of drug-likeness (QED) is 0.670. The second kappa shape index (κ2) is 3.38. The van der Waals surface area contributed by atoms with Gasteiger partial charge in [-0.15, -0.1) is 0 Å². The molecule has 0 atom stereocenters. The predicted octanol–water partition coefficient (Wildman–Crippen LogP) is 2.71. The molecule has 0 aliphatic rings. The summed E-state index contributed by atoms with van der Waals surface area (Å²) in [4.78, 5) is 4.32. The zero-order valence-electron chi connectivity index (χ0n) is 8.54. The van der Waals surface area contributed by atoms with Crippen LogP contribution in [-0.4, -0.2) is 14.5 Å². The lowest BCUT2D eigenvalue weighted by molar-refractivity contribution is 0.475. The van der Waals surface area contributed by atoms with E-state index in [1.54, 1.807) is 12.1 Å². The van der Waals surface area contributed by atoms with Crippen molar-refractivity contribution in [2.75, 3.05) is 0 Å². The number of nitrogens with zero attached hydrogens (tertiary/aromatic N) is 2. The molecule has 3 heteroatoms. The van der Waals surface area contributed by atoms with Crippen LogP contribution >= 0.6 is 0 Å². The van der Waals surface area contributed by atoms with E-state index in [0.29, 0.717) is 0 Å². The fourth-order valence-corrected chi connectivity index (χ4v) is 1.78. The fraction of sp³-hybridized carbons (Fsp3) is 0. The molecule has 0 saturated heterocycles. The number of aromatic hydroxyl groups is 1. The first kappa shape index (κ1) is 8.97. The minimum Gasteiger partial charge on any atom is -0.508 e. The van der Waals surface area contributed by atoms with Crippen molar-refractivity contribution in [1.29, 1.82) is 0 Å².